The van der Waals surface area contributed by atoms with Crippen LogP contribution in [-0.4, -0.2) is 10.0 Å². The third-order valence-corrected chi connectivity index (χ3v) is 4.18. The maximum Gasteiger partial charge on any atom is 0.174 e. The molecule has 0 aliphatic carbocycles. The Morgan fingerprint density at radius 3 is 1.72 bits per heavy atom. The molecule has 0 aliphatic heterocycles. The van der Waals surface area contributed by atoms with Gasteiger partial charge in [0.1, 0.15) is 5.82 Å². The second-order valence-electron chi connectivity index (χ2n) is 5.76. The molecule has 0 bridgehead atoms. The van der Waals surface area contributed by atoms with Gasteiger partial charge in [-0.25, -0.2) is 4.39 Å². The van der Waals surface area contributed by atoms with Gasteiger partial charge in [0.05, 0.1) is 0 Å². The summed E-state index contributed by atoms with van der Waals surface area (Å²) >= 11 is 5.61. The number of thiocarbonyl (C=S) groups is 1. The van der Waals surface area contributed by atoms with Crippen LogP contribution in [0.25, 0.3) is 0 Å². The first kappa shape index (κ1) is 17.1. The van der Waals surface area contributed by atoms with E-state index in [1.165, 1.54) is 23.3 Å². The van der Waals surface area contributed by atoms with Gasteiger partial charge in [0, 0.05) is 18.8 Å². The topological polar surface area (TPSA) is 15.3 Å². The van der Waals surface area contributed by atoms with E-state index in [1.54, 1.807) is 12.1 Å². The van der Waals surface area contributed by atoms with Crippen LogP contribution in [0.4, 0.5) is 10.1 Å². The van der Waals surface area contributed by atoms with Crippen molar-refractivity contribution in [3.05, 3.63) is 102 Å². The van der Waals surface area contributed by atoms with Crippen molar-refractivity contribution in [1.82, 2.24) is 4.90 Å². The van der Waals surface area contributed by atoms with E-state index in [0.29, 0.717) is 18.2 Å². The van der Waals surface area contributed by atoms with E-state index in [0.717, 1.165) is 5.69 Å². The van der Waals surface area contributed by atoms with E-state index in [1.807, 2.05) is 36.4 Å². The molecule has 0 saturated heterocycles. The molecular weight excluding hydrogens is 331 g/mol. The number of rotatable bonds is 5. The molecule has 0 radical (unpaired) electrons. The number of hydrogen-bond acceptors (Lipinski definition) is 1. The Hall–Kier alpha value is -2.72. The molecule has 3 aromatic rings. The maximum atomic E-state index is 13.1. The van der Waals surface area contributed by atoms with E-state index in [-0.39, 0.29) is 5.82 Å². The minimum Gasteiger partial charge on any atom is -0.340 e. The summed E-state index contributed by atoms with van der Waals surface area (Å²) in [5.74, 6) is -0.262. The Morgan fingerprint density at radius 2 is 1.24 bits per heavy atom. The van der Waals surface area contributed by atoms with E-state index in [2.05, 4.69) is 34.5 Å². The highest BCUT2D eigenvalue weighted by Gasteiger charge is 2.11. The van der Waals surface area contributed by atoms with Gasteiger partial charge in [-0.3, -0.25) is 0 Å². The van der Waals surface area contributed by atoms with Gasteiger partial charge in [-0.2, -0.15) is 0 Å². The van der Waals surface area contributed by atoms with Crippen molar-refractivity contribution in [1.29, 1.82) is 0 Å². The standard InChI is InChI=1S/C21H19FN2S/c22-19-11-13-20(14-12-19)23-21(25)24(15-17-7-3-1-4-8-17)16-18-9-5-2-6-10-18/h1-14H,15-16H2,(H,23,25). The molecule has 0 amide bonds. The number of nitrogens with zero attached hydrogens (tertiary/aromatic N) is 1. The molecule has 0 atom stereocenters. The van der Waals surface area contributed by atoms with Crippen molar-refractivity contribution in [2.75, 3.05) is 5.32 Å². The minimum atomic E-state index is -0.262. The molecule has 0 aromatic heterocycles. The molecular formula is C21H19FN2S. The van der Waals surface area contributed by atoms with Crippen molar-refractivity contribution >= 4 is 23.0 Å². The third-order valence-electron chi connectivity index (χ3n) is 3.82. The van der Waals surface area contributed by atoms with Crippen molar-refractivity contribution in [3.8, 4) is 0 Å². The van der Waals surface area contributed by atoms with Gasteiger partial charge in [-0.05, 0) is 47.6 Å². The summed E-state index contributed by atoms with van der Waals surface area (Å²) in [4.78, 5) is 2.10. The molecule has 2 nitrogen and oxygen atoms in total. The molecule has 0 heterocycles. The fourth-order valence-electron chi connectivity index (χ4n) is 2.54. The van der Waals surface area contributed by atoms with Crippen molar-refractivity contribution in [3.63, 3.8) is 0 Å². The highest BCUT2D eigenvalue weighted by Crippen LogP contribution is 2.14. The molecule has 1 N–H and O–H groups in total. The summed E-state index contributed by atoms with van der Waals surface area (Å²) in [7, 11) is 0. The van der Waals surface area contributed by atoms with Gasteiger partial charge < -0.3 is 10.2 Å². The number of halogens is 1. The molecule has 0 aliphatic rings. The van der Waals surface area contributed by atoms with E-state index < -0.39 is 0 Å². The van der Waals surface area contributed by atoms with Gasteiger partial charge in [0.2, 0.25) is 0 Å². The van der Waals surface area contributed by atoms with Crippen LogP contribution in [0.15, 0.2) is 84.9 Å². The second-order valence-corrected chi connectivity index (χ2v) is 6.15. The molecule has 126 valence electrons. The van der Waals surface area contributed by atoms with E-state index in [4.69, 9.17) is 12.2 Å². The average molecular weight is 350 g/mol. The van der Waals surface area contributed by atoms with Crippen LogP contribution in [0.2, 0.25) is 0 Å². The SMILES string of the molecule is Fc1ccc(NC(=S)N(Cc2ccccc2)Cc2ccccc2)cc1. The Kier molecular flexibility index (Phi) is 5.75. The van der Waals surface area contributed by atoms with Gasteiger partial charge in [-0.1, -0.05) is 60.7 Å². The first-order valence-corrected chi connectivity index (χ1v) is 8.51. The molecule has 3 rings (SSSR count). The molecule has 4 heteroatoms. The Labute approximate surface area is 152 Å². The smallest absolute Gasteiger partial charge is 0.174 e. The number of anilines is 1. The molecule has 0 fully saturated rings. The Morgan fingerprint density at radius 1 is 0.760 bits per heavy atom. The van der Waals surface area contributed by atoms with Gasteiger partial charge in [0.15, 0.2) is 5.11 Å². The molecule has 0 spiro atoms. The second kappa shape index (κ2) is 8.40. The lowest BCUT2D eigenvalue weighted by Gasteiger charge is -2.26. The number of benzene rings is 3. The zero-order valence-electron chi connectivity index (χ0n) is 13.7. The zero-order valence-corrected chi connectivity index (χ0v) is 14.5. The first-order valence-electron chi connectivity index (χ1n) is 8.10. The van der Waals surface area contributed by atoms with Crippen LogP contribution >= 0.6 is 12.2 Å². The number of hydrogen-bond donors (Lipinski definition) is 1. The molecule has 25 heavy (non-hydrogen) atoms. The average Bonchev–Trinajstić information content (AvgIpc) is 2.65. The van der Waals surface area contributed by atoms with Gasteiger partial charge >= 0.3 is 0 Å². The van der Waals surface area contributed by atoms with E-state index >= 15 is 0 Å². The predicted molar refractivity (Wildman–Crippen MR) is 105 cm³/mol. The minimum absolute atomic E-state index is 0.262. The summed E-state index contributed by atoms with van der Waals surface area (Å²) in [6, 6.07) is 26.6. The van der Waals surface area contributed by atoms with Crippen LogP contribution < -0.4 is 5.32 Å². The zero-order chi connectivity index (χ0) is 17.5. The van der Waals surface area contributed by atoms with Crippen LogP contribution in [0.3, 0.4) is 0 Å². The highest BCUT2D eigenvalue weighted by atomic mass is 32.1. The molecule has 0 unspecified atom stereocenters. The number of nitrogens with one attached hydrogen (secondary N) is 1. The summed E-state index contributed by atoms with van der Waals surface area (Å²) in [5, 5.41) is 3.81. The summed E-state index contributed by atoms with van der Waals surface area (Å²) in [6.07, 6.45) is 0. The Bertz CT molecular complexity index is 763. The van der Waals surface area contributed by atoms with Crippen LogP contribution in [-0.2, 0) is 13.1 Å². The quantitative estimate of drug-likeness (QED) is 0.635. The normalized spacial score (nSPS) is 10.3. The molecule has 3 aromatic carbocycles. The fraction of sp³-hybridized carbons (Fsp3) is 0.0952. The summed E-state index contributed by atoms with van der Waals surface area (Å²) in [5.41, 5.74) is 3.14. The maximum absolute atomic E-state index is 13.1. The first-order chi connectivity index (χ1) is 12.2. The fourth-order valence-corrected chi connectivity index (χ4v) is 2.79. The van der Waals surface area contributed by atoms with Crippen molar-refractivity contribution < 1.29 is 4.39 Å². The van der Waals surface area contributed by atoms with Crippen LogP contribution in [0.1, 0.15) is 11.1 Å². The van der Waals surface area contributed by atoms with Crippen LogP contribution in [0, 0.1) is 5.82 Å². The van der Waals surface area contributed by atoms with E-state index in [9.17, 15) is 4.39 Å². The van der Waals surface area contributed by atoms with Crippen molar-refractivity contribution in [2.24, 2.45) is 0 Å². The predicted octanol–water partition coefficient (Wildman–Crippen LogP) is 5.22. The lowest BCUT2D eigenvalue weighted by molar-refractivity contribution is 0.413. The summed E-state index contributed by atoms with van der Waals surface area (Å²) < 4.78 is 13.1. The molecule has 0 saturated carbocycles. The Balaban J connectivity index is 1.76. The van der Waals surface area contributed by atoms with Crippen LogP contribution in [0.5, 0.6) is 0 Å². The van der Waals surface area contributed by atoms with Gasteiger partial charge in [0.25, 0.3) is 0 Å². The van der Waals surface area contributed by atoms with Gasteiger partial charge in [-0.15, -0.1) is 0 Å². The monoisotopic (exact) mass is 350 g/mol. The van der Waals surface area contributed by atoms with Crippen molar-refractivity contribution in [2.45, 2.75) is 13.1 Å². The highest BCUT2D eigenvalue weighted by molar-refractivity contribution is 7.80. The lowest BCUT2D eigenvalue weighted by atomic mass is 10.2. The largest absolute Gasteiger partial charge is 0.340 e. The lowest BCUT2D eigenvalue weighted by Crippen LogP contribution is -2.33. The third kappa shape index (κ3) is 5.13. The summed E-state index contributed by atoms with van der Waals surface area (Å²) in [6.45, 7) is 1.39.